The van der Waals surface area contributed by atoms with E-state index < -0.39 is 32.3 Å². The molecule has 7 nitrogen and oxygen atoms in total. The zero-order valence-corrected chi connectivity index (χ0v) is 11.3. The molecule has 0 unspecified atom stereocenters. The predicted molar refractivity (Wildman–Crippen MR) is 65.8 cm³/mol. The summed E-state index contributed by atoms with van der Waals surface area (Å²) in [7, 11) is -5.67. The molecule has 0 radical (unpaired) electrons. The average Bonchev–Trinajstić information content (AvgIpc) is 2.87. The maximum atomic E-state index is 12.3. The zero-order valence-electron chi connectivity index (χ0n) is 10.5. The van der Waals surface area contributed by atoms with Crippen molar-refractivity contribution in [2.75, 3.05) is 5.32 Å². The Hall–Kier alpha value is -2.56. The Morgan fingerprint density at radius 2 is 1.91 bits per heavy atom. The minimum absolute atomic E-state index is 0.194. The van der Waals surface area contributed by atoms with Crippen LogP contribution in [0.5, 0.6) is 5.75 Å². The maximum absolute atomic E-state index is 12.3. The molecule has 2 N–H and O–H groups in total. The largest absolute Gasteiger partial charge is 0.507 e. The van der Waals surface area contributed by atoms with Crippen LogP contribution in [0.2, 0.25) is 0 Å². The molecule has 0 aliphatic heterocycles. The molecule has 22 heavy (non-hydrogen) atoms. The third kappa shape index (κ3) is 2.88. The highest BCUT2D eigenvalue weighted by atomic mass is 32.2. The van der Waals surface area contributed by atoms with Gasteiger partial charge in [-0.25, -0.2) is 8.42 Å². The number of sulfone groups is 1. The fourth-order valence-corrected chi connectivity index (χ4v) is 2.00. The van der Waals surface area contributed by atoms with Crippen LogP contribution >= 0.6 is 0 Å². The summed E-state index contributed by atoms with van der Waals surface area (Å²) < 4.78 is 63.6. The molecule has 0 saturated carbocycles. The van der Waals surface area contributed by atoms with Crippen LogP contribution in [-0.2, 0) is 9.84 Å². The van der Waals surface area contributed by atoms with Gasteiger partial charge in [-0.3, -0.25) is 10.1 Å². The quantitative estimate of drug-likeness (QED) is 0.886. The van der Waals surface area contributed by atoms with Crippen LogP contribution < -0.4 is 5.32 Å². The highest BCUT2D eigenvalue weighted by molar-refractivity contribution is 7.92. The van der Waals surface area contributed by atoms with Gasteiger partial charge < -0.3 is 9.52 Å². The standard InChI is InChI=1S/C11H7F3N2O5S/c12-11(13,14)22(19,20)8-5-21-10(15-8)16-9(18)6-3-1-2-4-7(6)17/h1-5,17H,(H,15,16,18). The molecule has 0 aliphatic rings. The van der Waals surface area contributed by atoms with E-state index in [1.54, 1.807) is 0 Å². The van der Waals surface area contributed by atoms with Gasteiger partial charge in [0.25, 0.3) is 15.7 Å². The fraction of sp³-hybridized carbons (Fsp3) is 0.0909. The van der Waals surface area contributed by atoms with E-state index in [-0.39, 0.29) is 17.6 Å². The molecule has 11 heteroatoms. The molecule has 1 amide bonds. The van der Waals surface area contributed by atoms with E-state index in [0.29, 0.717) is 0 Å². The smallest absolute Gasteiger partial charge is 0.503 e. The van der Waals surface area contributed by atoms with Gasteiger partial charge in [0.15, 0.2) is 0 Å². The second-order valence-electron chi connectivity index (χ2n) is 3.91. The van der Waals surface area contributed by atoms with Crippen molar-refractivity contribution >= 4 is 21.8 Å². The molecular formula is C11H7F3N2O5S. The molecule has 118 valence electrons. The summed E-state index contributed by atoms with van der Waals surface area (Å²) in [5, 5.41) is 10.00. The molecule has 1 aromatic carbocycles. The number of para-hydroxylation sites is 1. The summed E-state index contributed by atoms with van der Waals surface area (Å²) in [6.07, 6.45) is 0.253. The van der Waals surface area contributed by atoms with E-state index in [1.165, 1.54) is 24.3 Å². The van der Waals surface area contributed by atoms with Crippen molar-refractivity contribution in [1.29, 1.82) is 0 Å². The van der Waals surface area contributed by atoms with Gasteiger partial charge in [-0.2, -0.15) is 18.2 Å². The molecule has 0 aliphatic carbocycles. The lowest BCUT2D eigenvalue weighted by Crippen LogP contribution is -2.23. The minimum Gasteiger partial charge on any atom is -0.507 e. The Bertz CT molecular complexity index is 813. The molecule has 0 bridgehead atoms. The summed E-state index contributed by atoms with van der Waals surface area (Å²) in [6.45, 7) is 0. The summed E-state index contributed by atoms with van der Waals surface area (Å²) in [5.41, 5.74) is -5.73. The number of anilines is 1. The third-order valence-corrected chi connectivity index (χ3v) is 3.78. The molecular weight excluding hydrogens is 329 g/mol. The van der Waals surface area contributed by atoms with Gasteiger partial charge in [-0.1, -0.05) is 12.1 Å². The van der Waals surface area contributed by atoms with Crippen LogP contribution in [0.25, 0.3) is 0 Å². The molecule has 2 rings (SSSR count). The highest BCUT2D eigenvalue weighted by Gasteiger charge is 2.49. The van der Waals surface area contributed by atoms with E-state index in [2.05, 4.69) is 9.40 Å². The van der Waals surface area contributed by atoms with Gasteiger partial charge >= 0.3 is 11.5 Å². The van der Waals surface area contributed by atoms with Gasteiger partial charge in [0, 0.05) is 0 Å². The number of phenolic OH excluding ortho intramolecular Hbond substituents is 1. The van der Waals surface area contributed by atoms with Crippen LogP contribution in [0.4, 0.5) is 19.2 Å². The Kier molecular flexibility index (Phi) is 3.83. The first kappa shape index (κ1) is 15.8. The van der Waals surface area contributed by atoms with Crippen molar-refractivity contribution in [2.45, 2.75) is 10.5 Å². The molecule has 1 aromatic heterocycles. The van der Waals surface area contributed by atoms with Crippen molar-refractivity contribution in [2.24, 2.45) is 0 Å². The summed E-state index contributed by atoms with van der Waals surface area (Å²) >= 11 is 0. The number of nitrogens with zero attached hydrogens (tertiary/aromatic N) is 1. The number of amides is 1. The first-order valence-corrected chi connectivity index (χ1v) is 6.97. The number of carbonyl (C=O) groups is 1. The van der Waals surface area contributed by atoms with Crippen LogP contribution in [-0.4, -0.2) is 29.9 Å². The van der Waals surface area contributed by atoms with E-state index in [1.807, 2.05) is 5.32 Å². The van der Waals surface area contributed by atoms with E-state index in [0.717, 1.165) is 0 Å². The van der Waals surface area contributed by atoms with Crippen molar-refractivity contribution in [3.8, 4) is 5.75 Å². The van der Waals surface area contributed by atoms with Crippen molar-refractivity contribution < 1.29 is 35.9 Å². The monoisotopic (exact) mass is 336 g/mol. The van der Waals surface area contributed by atoms with Gasteiger partial charge in [-0.15, -0.1) is 0 Å². The minimum atomic E-state index is -5.67. The zero-order chi connectivity index (χ0) is 16.5. The fourth-order valence-electron chi connectivity index (χ4n) is 1.39. The topological polar surface area (TPSA) is 110 Å². The van der Waals surface area contributed by atoms with E-state index in [9.17, 15) is 31.5 Å². The lowest BCUT2D eigenvalue weighted by molar-refractivity contribution is -0.0438. The first-order chi connectivity index (χ1) is 10.1. The molecule has 2 aromatic rings. The van der Waals surface area contributed by atoms with E-state index in [4.69, 9.17) is 0 Å². The SMILES string of the molecule is O=C(Nc1nc(S(=O)(=O)C(F)(F)F)co1)c1ccccc1O. The van der Waals surface area contributed by atoms with Gasteiger partial charge in [0.05, 0.1) is 5.56 Å². The van der Waals surface area contributed by atoms with E-state index >= 15 is 0 Å². The van der Waals surface area contributed by atoms with Gasteiger partial charge in [0.2, 0.25) is 5.03 Å². The number of nitrogens with one attached hydrogen (secondary N) is 1. The predicted octanol–water partition coefficient (Wildman–Crippen LogP) is 1.93. The highest BCUT2D eigenvalue weighted by Crippen LogP contribution is 2.30. The van der Waals surface area contributed by atoms with Crippen LogP contribution in [0.15, 0.2) is 40.0 Å². The van der Waals surface area contributed by atoms with Crippen LogP contribution in [0.3, 0.4) is 0 Å². The number of hydrogen-bond acceptors (Lipinski definition) is 6. The second-order valence-corrected chi connectivity index (χ2v) is 5.80. The maximum Gasteiger partial charge on any atom is 0.503 e. The first-order valence-electron chi connectivity index (χ1n) is 5.49. The van der Waals surface area contributed by atoms with Gasteiger partial charge in [0.1, 0.15) is 12.0 Å². The number of benzene rings is 1. The normalized spacial score (nSPS) is 12.1. The van der Waals surface area contributed by atoms with Crippen molar-refractivity contribution in [1.82, 2.24) is 4.98 Å². The molecule has 0 fully saturated rings. The molecule has 1 heterocycles. The van der Waals surface area contributed by atoms with Crippen LogP contribution in [0.1, 0.15) is 10.4 Å². The number of oxazole rings is 1. The number of aromatic hydroxyl groups is 1. The van der Waals surface area contributed by atoms with Crippen molar-refractivity contribution in [3.63, 3.8) is 0 Å². The Morgan fingerprint density at radius 3 is 2.50 bits per heavy atom. The molecule has 0 atom stereocenters. The Balaban J connectivity index is 2.24. The summed E-state index contributed by atoms with van der Waals surface area (Å²) in [4.78, 5) is 14.8. The number of phenols is 1. The Morgan fingerprint density at radius 1 is 1.27 bits per heavy atom. The third-order valence-electron chi connectivity index (χ3n) is 2.43. The van der Waals surface area contributed by atoms with Gasteiger partial charge in [-0.05, 0) is 12.1 Å². The lowest BCUT2D eigenvalue weighted by atomic mass is 10.2. The van der Waals surface area contributed by atoms with Crippen molar-refractivity contribution in [3.05, 3.63) is 36.1 Å². The summed E-state index contributed by atoms with van der Waals surface area (Å²) in [6, 6.07) is 4.58. The number of rotatable bonds is 3. The lowest BCUT2D eigenvalue weighted by Gasteiger charge is -2.04. The molecule has 0 spiro atoms. The number of alkyl halides is 3. The van der Waals surface area contributed by atoms with Crippen LogP contribution in [0, 0.1) is 0 Å². The second kappa shape index (κ2) is 5.33. The Labute approximate surface area is 121 Å². The average molecular weight is 336 g/mol. The number of hydrogen-bond donors (Lipinski definition) is 2. The molecule has 0 saturated heterocycles. The number of carbonyl (C=O) groups excluding carboxylic acids is 1. The number of aromatic nitrogens is 1. The number of halogens is 3. The summed E-state index contributed by atoms with van der Waals surface area (Å²) in [5.74, 6) is -1.31.